The Morgan fingerprint density at radius 3 is 2.50 bits per heavy atom. The maximum Gasteiger partial charge on any atom is 0.263 e. The number of hydrogen-bond acceptors (Lipinski definition) is 4. The van der Waals surface area contributed by atoms with Crippen molar-refractivity contribution in [3.63, 3.8) is 0 Å². The molecule has 7 heteroatoms. The van der Waals surface area contributed by atoms with Gasteiger partial charge in [0.1, 0.15) is 10.7 Å². The van der Waals surface area contributed by atoms with Gasteiger partial charge in [-0.25, -0.2) is 9.37 Å². The van der Waals surface area contributed by atoms with E-state index in [4.69, 9.17) is 0 Å². The number of rotatable bonds is 7. The summed E-state index contributed by atoms with van der Waals surface area (Å²) in [5.41, 5.74) is 1.96. The van der Waals surface area contributed by atoms with Crippen LogP contribution in [-0.2, 0) is 4.79 Å². The molecule has 1 aromatic carbocycles. The van der Waals surface area contributed by atoms with Gasteiger partial charge in [0.25, 0.3) is 5.91 Å². The molecular weight excluding hydrogens is 353 g/mol. The molecule has 138 valence electrons. The van der Waals surface area contributed by atoms with Crippen LogP contribution in [-0.4, -0.2) is 23.3 Å². The molecule has 0 aliphatic heterocycles. The van der Waals surface area contributed by atoms with Crippen molar-refractivity contribution in [3.8, 4) is 0 Å². The summed E-state index contributed by atoms with van der Waals surface area (Å²) in [6, 6.07) is 5.58. The Kier molecular flexibility index (Phi) is 6.63. The first kappa shape index (κ1) is 19.8. The third-order valence-corrected chi connectivity index (χ3v) is 5.03. The number of amides is 2. The second-order valence-corrected chi connectivity index (χ2v) is 7.23. The molecule has 1 aromatic heterocycles. The molecule has 5 nitrogen and oxygen atoms in total. The topological polar surface area (TPSA) is 71.1 Å². The molecule has 0 bridgehead atoms. The van der Waals surface area contributed by atoms with Crippen LogP contribution < -0.4 is 10.6 Å². The predicted octanol–water partition coefficient (Wildman–Crippen LogP) is 3.85. The molecule has 2 rings (SSSR count). The molecule has 0 saturated heterocycles. The largest absolute Gasteiger partial charge is 0.351 e. The van der Waals surface area contributed by atoms with Gasteiger partial charge in [0.05, 0.1) is 16.6 Å². The van der Waals surface area contributed by atoms with Crippen LogP contribution in [0.4, 0.5) is 10.1 Å². The number of benzene rings is 1. The van der Waals surface area contributed by atoms with Crippen LogP contribution in [0.15, 0.2) is 36.4 Å². The molecule has 2 N–H and O–H groups in total. The zero-order chi connectivity index (χ0) is 19.3. The Morgan fingerprint density at radius 1 is 1.27 bits per heavy atom. The van der Waals surface area contributed by atoms with Crippen molar-refractivity contribution in [3.05, 3.63) is 57.8 Å². The predicted molar refractivity (Wildman–Crippen MR) is 102 cm³/mol. The summed E-state index contributed by atoms with van der Waals surface area (Å²) in [7, 11) is 0. The number of halogens is 1. The van der Waals surface area contributed by atoms with E-state index in [9.17, 15) is 14.0 Å². The lowest BCUT2D eigenvalue weighted by Gasteiger charge is -2.15. The first-order chi connectivity index (χ1) is 12.3. The average Bonchev–Trinajstić information content (AvgIpc) is 2.94. The van der Waals surface area contributed by atoms with Crippen LogP contribution >= 0.6 is 11.3 Å². The van der Waals surface area contributed by atoms with Gasteiger partial charge in [0, 0.05) is 12.2 Å². The second-order valence-electron chi connectivity index (χ2n) is 6.03. The summed E-state index contributed by atoms with van der Waals surface area (Å²) in [6.45, 7) is 9.75. The van der Waals surface area contributed by atoms with Gasteiger partial charge in [-0.2, -0.15) is 0 Å². The maximum atomic E-state index is 12.9. The van der Waals surface area contributed by atoms with Crippen molar-refractivity contribution < 1.29 is 14.0 Å². The van der Waals surface area contributed by atoms with Crippen LogP contribution in [0.5, 0.6) is 0 Å². The lowest BCUT2D eigenvalue weighted by atomic mass is 9.99. The standard InChI is InChI=1S/C19H22FN3O2S/c1-11(9-10-21-19(25)17-13(3)22-14(4)26-17)12(2)18(24)23-16-7-5-15(20)6-8-16/h5-8,12H,1,9-10H2,2-4H3,(H,21,25)(H,23,24). The molecule has 26 heavy (non-hydrogen) atoms. The average molecular weight is 375 g/mol. The van der Waals surface area contributed by atoms with Gasteiger partial charge in [-0.05, 0) is 51.5 Å². The molecular formula is C19H22FN3O2S. The molecule has 2 aromatic rings. The van der Waals surface area contributed by atoms with E-state index in [2.05, 4.69) is 22.2 Å². The fourth-order valence-corrected chi connectivity index (χ4v) is 3.18. The minimum atomic E-state index is -0.427. The quantitative estimate of drug-likeness (QED) is 0.722. The van der Waals surface area contributed by atoms with Gasteiger partial charge < -0.3 is 10.6 Å². The fraction of sp³-hybridized carbons (Fsp3) is 0.316. The highest BCUT2D eigenvalue weighted by molar-refractivity contribution is 7.13. The van der Waals surface area contributed by atoms with Gasteiger partial charge >= 0.3 is 0 Å². The summed E-state index contributed by atoms with van der Waals surface area (Å²) in [5.74, 6) is -1.17. The monoisotopic (exact) mass is 375 g/mol. The minimum Gasteiger partial charge on any atom is -0.351 e. The van der Waals surface area contributed by atoms with Crippen molar-refractivity contribution in [2.75, 3.05) is 11.9 Å². The molecule has 1 atom stereocenters. The SMILES string of the molecule is C=C(CCNC(=O)c1sc(C)nc1C)C(C)C(=O)Nc1ccc(F)cc1. The summed E-state index contributed by atoms with van der Waals surface area (Å²) in [5, 5.41) is 6.41. The number of carbonyl (C=O) groups excluding carboxylic acids is 2. The second kappa shape index (κ2) is 8.71. The summed E-state index contributed by atoms with van der Waals surface area (Å²) in [4.78, 5) is 29.2. The lowest BCUT2D eigenvalue weighted by Crippen LogP contribution is -2.27. The lowest BCUT2D eigenvalue weighted by molar-refractivity contribution is -0.118. The smallest absolute Gasteiger partial charge is 0.263 e. The number of thiazole rings is 1. The van der Waals surface area contributed by atoms with E-state index >= 15 is 0 Å². The third-order valence-electron chi connectivity index (χ3n) is 3.96. The highest BCUT2D eigenvalue weighted by atomic mass is 32.1. The Labute approximate surface area is 156 Å². The van der Waals surface area contributed by atoms with Gasteiger partial charge in [-0.15, -0.1) is 11.3 Å². The van der Waals surface area contributed by atoms with Gasteiger partial charge in [0.15, 0.2) is 0 Å². The normalized spacial score (nSPS) is 11.7. The van der Waals surface area contributed by atoms with Crippen LogP contribution in [0.3, 0.4) is 0 Å². The van der Waals surface area contributed by atoms with E-state index in [0.29, 0.717) is 29.1 Å². The molecule has 1 unspecified atom stereocenters. The van der Waals surface area contributed by atoms with Crippen molar-refractivity contribution >= 4 is 28.8 Å². The summed E-state index contributed by atoms with van der Waals surface area (Å²) < 4.78 is 12.9. The fourth-order valence-electron chi connectivity index (χ4n) is 2.34. The van der Waals surface area contributed by atoms with E-state index in [0.717, 1.165) is 10.7 Å². The molecule has 0 aliphatic carbocycles. The van der Waals surface area contributed by atoms with Crippen molar-refractivity contribution in [1.82, 2.24) is 10.3 Å². The van der Waals surface area contributed by atoms with Crippen LogP contribution in [0.25, 0.3) is 0 Å². The van der Waals surface area contributed by atoms with Crippen molar-refractivity contribution in [2.24, 2.45) is 5.92 Å². The number of aryl methyl sites for hydroxylation is 2. The highest BCUT2D eigenvalue weighted by Crippen LogP contribution is 2.18. The number of anilines is 1. The maximum absolute atomic E-state index is 12.9. The highest BCUT2D eigenvalue weighted by Gasteiger charge is 2.17. The zero-order valence-electron chi connectivity index (χ0n) is 15.1. The van der Waals surface area contributed by atoms with E-state index < -0.39 is 5.92 Å². The van der Waals surface area contributed by atoms with Crippen molar-refractivity contribution in [2.45, 2.75) is 27.2 Å². The Hall–Kier alpha value is -2.54. The molecule has 1 heterocycles. The third kappa shape index (κ3) is 5.23. The van der Waals surface area contributed by atoms with E-state index in [1.165, 1.54) is 35.6 Å². The first-order valence-electron chi connectivity index (χ1n) is 8.24. The van der Waals surface area contributed by atoms with Gasteiger partial charge in [0.2, 0.25) is 5.91 Å². The molecule has 2 amide bonds. The minimum absolute atomic E-state index is 0.163. The molecule has 0 spiro atoms. The number of aromatic nitrogens is 1. The van der Waals surface area contributed by atoms with E-state index in [1.807, 2.05) is 6.92 Å². The zero-order valence-corrected chi connectivity index (χ0v) is 15.9. The van der Waals surface area contributed by atoms with E-state index in [-0.39, 0.29) is 17.6 Å². The first-order valence-corrected chi connectivity index (χ1v) is 9.06. The summed E-state index contributed by atoms with van der Waals surface area (Å²) >= 11 is 1.36. The Balaban J connectivity index is 1.81. The van der Waals surface area contributed by atoms with Crippen LogP contribution in [0, 0.1) is 25.6 Å². The number of nitrogens with zero attached hydrogens (tertiary/aromatic N) is 1. The van der Waals surface area contributed by atoms with E-state index in [1.54, 1.807) is 13.8 Å². The molecule has 0 aliphatic rings. The summed E-state index contributed by atoms with van der Waals surface area (Å²) in [6.07, 6.45) is 0.487. The number of nitrogens with one attached hydrogen (secondary N) is 2. The molecule has 0 fully saturated rings. The Bertz CT molecular complexity index is 815. The molecule has 0 saturated carbocycles. The number of carbonyl (C=O) groups is 2. The Morgan fingerprint density at radius 2 is 1.92 bits per heavy atom. The van der Waals surface area contributed by atoms with Crippen molar-refractivity contribution in [1.29, 1.82) is 0 Å². The number of hydrogen-bond donors (Lipinski definition) is 2. The van der Waals surface area contributed by atoms with Crippen LogP contribution in [0.1, 0.15) is 33.7 Å². The molecule has 0 radical (unpaired) electrons. The van der Waals surface area contributed by atoms with Gasteiger partial charge in [-0.1, -0.05) is 12.2 Å². The van der Waals surface area contributed by atoms with Gasteiger partial charge in [-0.3, -0.25) is 9.59 Å². The van der Waals surface area contributed by atoms with Crippen LogP contribution in [0.2, 0.25) is 0 Å².